The van der Waals surface area contributed by atoms with Crippen molar-refractivity contribution in [3.8, 4) is 0 Å². The van der Waals surface area contributed by atoms with Gasteiger partial charge in [0.25, 0.3) is 5.91 Å². The Morgan fingerprint density at radius 2 is 1.85 bits per heavy atom. The maximum Gasteiger partial charge on any atom is 0.322 e. The Balaban J connectivity index is 1.73. The van der Waals surface area contributed by atoms with Gasteiger partial charge in [0.15, 0.2) is 0 Å². The maximum absolute atomic E-state index is 12.7. The molecule has 6 nitrogen and oxygen atoms in total. The number of aromatic nitrogens is 1. The second-order valence-corrected chi connectivity index (χ2v) is 6.78. The van der Waals surface area contributed by atoms with Crippen molar-refractivity contribution in [3.05, 3.63) is 59.4 Å². The molecule has 1 saturated heterocycles. The molecule has 1 aromatic heterocycles. The van der Waals surface area contributed by atoms with Crippen LogP contribution >= 0.6 is 0 Å². The summed E-state index contributed by atoms with van der Waals surface area (Å²) < 4.78 is 0. The molecule has 2 heterocycles. The third kappa shape index (κ3) is 4.45. The van der Waals surface area contributed by atoms with E-state index in [1.54, 1.807) is 17.3 Å². The third-order valence-electron chi connectivity index (χ3n) is 4.99. The highest BCUT2D eigenvalue weighted by Gasteiger charge is 2.22. The van der Waals surface area contributed by atoms with Gasteiger partial charge in [0.2, 0.25) is 0 Å². The van der Waals surface area contributed by atoms with Crippen LogP contribution in [0.3, 0.4) is 0 Å². The van der Waals surface area contributed by atoms with Crippen LogP contribution in [0.4, 0.5) is 10.5 Å². The summed E-state index contributed by atoms with van der Waals surface area (Å²) in [5, 5.41) is 2.97. The van der Waals surface area contributed by atoms with E-state index in [0.717, 1.165) is 37.1 Å². The highest BCUT2D eigenvalue weighted by Crippen LogP contribution is 2.22. The molecule has 0 radical (unpaired) electrons. The first-order valence-corrected chi connectivity index (χ1v) is 9.44. The standard InChI is InChI=1S/C21H26N4O2/c1-3-24(15-17-9-11-22-12-10-17)21(27)23-19-8-6-7-18(16(19)2)20(26)25-13-4-5-14-25/h6-12H,3-5,13-15H2,1-2H3,(H,23,27). The molecule has 1 N–H and O–H groups in total. The van der Waals surface area contributed by atoms with E-state index in [9.17, 15) is 9.59 Å². The Morgan fingerprint density at radius 3 is 2.52 bits per heavy atom. The number of benzene rings is 1. The van der Waals surface area contributed by atoms with Crippen LogP contribution in [0.15, 0.2) is 42.7 Å². The summed E-state index contributed by atoms with van der Waals surface area (Å²) in [6.07, 6.45) is 5.56. The number of nitrogens with zero attached hydrogens (tertiary/aromatic N) is 3. The fraction of sp³-hybridized carbons (Fsp3) is 0.381. The molecule has 0 bridgehead atoms. The molecule has 3 rings (SSSR count). The van der Waals surface area contributed by atoms with Crippen LogP contribution in [0.2, 0.25) is 0 Å². The molecule has 142 valence electrons. The van der Waals surface area contributed by atoms with Gasteiger partial charge in [0.1, 0.15) is 0 Å². The number of pyridine rings is 1. The molecule has 1 aliphatic heterocycles. The zero-order valence-electron chi connectivity index (χ0n) is 15.9. The van der Waals surface area contributed by atoms with Gasteiger partial charge in [-0.3, -0.25) is 9.78 Å². The Labute approximate surface area is 160 Å². The van der Waals surface area contributed by atoms with Gasteiger partial charge in [-0.05, 0) is 62.1 Å². The first-order chi connectivity index (χ1) is 13.1. The molecule has 2 aromatic rings. The lowest BCUT2D eigenvalue weighted by molar-refractivity contribution is 0.0792. The number of carbonyl (C=O) groups is 2. The van der Waals surface area contributed by atoms with Crippen molar-refractivity contribution >= 4 is 17.6 Å². The fourth-order valence-corrected chi connectivity index (χ4v) is 3.32. The lowest BCUT2D eigenvalue weighted by Crippen LogP contribution is -2.34. The van der Waals surface area contributed by atoms with Gasteiger partial charge in [-0.15, -0.1) is 0 Å². The molecule has 1 aromatic carbocycles. The second kappa shape index (κ2) is 8.66. The molecule has 6 heteroatoms. The molecule has 27 heavy (non-hydrogen) atoms. The molecule has 1 fully saturated rings. The lowest BCUT2D eigenvalue weighted by atomic mass is 10.1. The van der Waals surface area contributed by atoms with E-state index >= 15 is 0 Å². The van der Waals surface area contributed by atoms with Crippen molar-refractivity contribution in [2.24, 2.45) is 0 Å². The van der Waals surface area contributed by atoms with Crippen LogP contribution in [0.1, 0.15) is 41.3 Å². The van der Waals surface area contributed by atoms with E-state index in [1.165, 1.54) is 0 Å². The number of anilines is 1. The Hall–Kier alpha value is -2.89. The molecule has 0 unspecified atom stereocenters. The number of carbonyl (C=O) groups excluding carboxylic acids is 2. The number of urea groups is 1. The van der Waals surface area contributed by atoms with E-state index in [2.05, 4.69) is 10.3 Å². The van der Waals surface area contributed by atoms with Gasteiger partial charge >= 0.3 is 6.03 Å². The summed E-state index contributed by atoms with van der Waals surface area (Å²) in [5.74, 6) is 0.0465. The Morgan fingerprint density at radius 1 is 1.15 bits per heavy atom. The molecule has 3 amide bonds. The molecular formula is C21H26N4O2. The zero-order valence-corrected chi connectivity index (χ0v) is 15.9. The van der Waals surface area contributed by atoms with Gasteiger partial charge in [-0.2, -0.15) is 0 Å². The topological polar surface area (TPSA) is 65.5 Å². The van der Waals surface area contributed by atoms with E-state index < -0.39 is 0 Å². The van der Waals surface area contributed by atoms with Crippen LogP contribution in [-0.2, 0) is 6.54 Å². The minimum atomic E-state index is -0.178. The SMILES string of the molecule is CCN(Cc1ccncc1)C(=O)Nc1cccc(C(=O)N2CCCC2)c1C. The third-order valence-corrected chi connectivity index (χ3v) is 4.99. The molecule has 0 atom stereocenters. The van der Waals surface area contributed by atoms with Crippen LogP contribution in [0, 0.1) is 6.92 Å². The van der Waals surface area contributed by atoms with Crippen molar-refractivity contribution in [3.63, 3.8) is 0 Å². The van der Waals surface area contributed by atoms with E-state index in [4.69, 9.17) is 0 Å². The van der Waals surface area contributed by atoms with E-state index in [1.807, 2.05) is 49.1 Å². The van der Waals surface area contributed by atoms with Crippen LogP contribution in [0.25, 0.3) is 0 Å². The minimum Gasteiger partial charge on any atom is -0.339 e. The van der Waals surface area contributed by atoms with Crippen LogP contribution < -0.4 is 5.32 Å². The lowest BCUT2D eigenvalue weighted by Gasteiger charge is -2.23. The predicted octanol–water partition coefficient (Wildman–Crippen LogP) is 3.68. The molecule has 0 saturated carbocycles. The summed E-state index contributed by atoms with van der Waals surface area (Å²) in [4.78, 5) is 33.1. The number of likely N-dealkylation sites (tertiary alicyclic amines) is 1. The van der Waals surface area contributed by atoms with Gasteiger partial charge < -0.3 is 15.1 Å². The summed E-state index contributed by atoms with van der Waals surface area (Å²) in [7, 11) is 0. The first kappa shape index (κ1) is 18.9. The minimum absolute atomic E-state index is 0.0465. The van der Waals surface area contributed by atoms with E-state index in [-0.39, 0.29) is 11.9 Å². The average molecular weight is 366 g/mol. The van der Waals surface area contributed by atoms with Gasteiger partial charge in [0.05, 0.1) is 0 Å². The van der Waals surface area contributed by atoms with Crippen LogP contribution in [-0.4, -0.2) is 46.4 Å². The number of rotatable bonds is 5. The predicted molar refractivity (Wildman–Crippen MR) is 106 cm³/mol. The summed E-state index contributed by atoms with van der Waals surface area (Å²) in [6, 6.07) is 9.12. The van der Waals surface area contributed by atoms with Crippen molar-refractivity contribution in [2.45, 2.75) is 33.2 Å². The summed E-state index contributed by atoms with van der Waals surface area (Å²) in [6.45, 7) is 6.55. The monoisotopic (exact) mass is 366 g/mol. The molecular weight excluding hydrogens is 340 g/mol. The van der Waals surface area contributed by atoms with Gasteiger partial charge in [-0.1, -0.05) is 6.07 Å². The maximum atomic E-state index is 12.7. The quantitative estimate of drug-likeness (QED) is 0.878. The first-order valence-electron chi connectivity index (χ1n) is 9.44. The number of hydrogen-bond acceptors (Lipinski definition) is 3. The van der Waals surface area contributed by atoms with Crippen molar-refractivity contribution in [1.29, 1.82) is 0 Å². The molecule has 0 spiro atoms. The largest absolute Gasteiger partial charge is 0.339 e. The van der Waals surface area contributed by atoms with Gasteiger partial charge in [0, 0.05) is 49.8 Å². The smallest absolute Gasteiger partial charge is 0.322 e. The van der Waals surface area contributed by atoms with Crippen LogP contribution in [0.5, 0.6) is 0 Å². The summed E-state index contributed by atoms with van der Waals surface area (Å²) >= 11 is 0. The Kier molecular flexibility index (Phi) is 6.06. The summed E-state index contributed by atoms with van der Waals surface area (Å²) in [5.41, 5.74) is 3.17. The number of nitrogens with one attached hydrogen (secondary N) is 1. The highest BCUT2D eigenvalue weighted by atomic mass is 16.2. The van der Waals surface area contributed by atoms with Crippen molar-refractivity contribution in [2.75, 3.05) is 25.0 Å². The molecule has 1 aliphatic rings. The van der Waals surface area contributed by atoms with Gasteiger partial charge in [-0.25, -0.2) is 4.79 Å². The zero-order chi connectivity index (χ0) is 19.2. The average Bonchev–Trinajstić information content (AvgIpc) is 3.23. The van der Waals surface area contributed by atoms with Crippen molar-refractivity contribution in [1.82, 2.24) is 14.8 Å². The van der Waals surface area contributed by atoms with Crippen molar-refractivity contribution < 1.29 is 9.59 Å². The number of hydrogen-bond donors (Lipinski definition) is 1. The van der Waals surface area contributed by atoms with E-state index in [0.29, 0.717) is 24.3 Å². The highest BCUT2D eigenvalue weighted by molar-refractivity contribution is 5.99. The normalized spacial score (nSPS) is 13.5. The fourth-order valence-electron chi connectivity index (χ4n) is 3.32. The molecule has 0 aliphatic carbocycles. The Bertz CT molecular complexity index is 801. The number of amides is 3. The second-order valence-electron chi connectivity index (χ2n) is 6.78.